The van der Waals surface area contributed by atoms with Crippen LogP contribution in [0, 0.1) is 11.3 Å². The van der Waals surface area contributed by atoms with Crippen LogP contribution < -0.4 is 0 Å². The maximum absolute atomic E-state index is 2.73. The average Bonchev–Trinajstić information content (AvgIpc) is 2.22. The molecule has 1 spiro atoms. The number of hydrogen-bond acceptors (Lipinski definition) is 1. The van der Waals surface area contributed by atoms with E-state index in [1.54, 1.807) is 0 Å². The van der Waals surface area contributed by atoms with E-state index in [1.807, 2.05) is 0 Å². The van der Waals surface area contributed by atoms with Crippen LogP contribution in [0.4, 0.5) is 0 Å². The SMILES string of the molecule is CC1CCC2(CCCN(C(C)(C)C)C2)CC1. The molecule has 16 heavy (non-hydrogen) atoms. The highest BCUT2D eigenvalue weighted by Gasteiger charge is 2.40. The highest BCUT2D eigenvalue weighted by Crippen LogP contribution is 2.45. The first-order valence-corrected chi connectivity index (χ1v) is 7.16. The molecule has 2 fully saturated rings. The fourth-order valence-corrected chi connectivity index (χ4v) is 3.56. The fraction of sp³-hybridized carbons (Fsp3) is 1.00. The smallest absolute Gasteiger partial charge is 0.0125 e. The molecule has 1 nitrogen and oxygen atoms in total. The summed E-state index contributed by atoms with van der Waals surface area (Å²) in [5, 5.41) is 0. The molecule has 1 saturated heterocycles. The summed E-state index contributed by atoms with van der Waals surface area (Å²) < 4.78 is 0. The molecular weight excluding hydrogens is 194 g/mol. The van der Waals surface area contributed by atoms with Gasteiger partial charge in [0.25, 0.3) is 0 Å². The van der Waals surface area contributed by atoms with Gasteiger partial charge in [-0.25, -0.2) is 0 Å². The van der Waals surface area contributed by atoms with Crippen molar-refractivity contribution >= 4 is 0 Å². The lowest BCUT2D eigenvalue weighted by Crippen LogP contribution is -2.52. The number of nitrogens with zero attached hydrogens (tertiary/aromatic N) is 1. The van der Waals surface area contributed by atoms with Crippen molar-refractivity contribution in [1.29, 1.82) is 0 Å². The van der Waals surface area contributed by atoms with E-state index in [4.69, 9.17) is 0 Å². The maximum Gasteiger partial charge on any atom is 0.0125 e. The first-order chi connectivity index (χ1) is 7.41. The van der Waals surface area contributed by atoms with Crippen LogP contribution >= 0.6 is 0 Å². The number of likely N-dealkylation sites (tertiary alicyclic amines) is 1. The Morgan fingerprint density at radius 3 is 2.25 bits per heavy atom. The highest BCUT2D eigenvalue weighted by atomic mass is 15.2. The summed E-state index contributed by atoms with van der Waals surface area (Å²) in [6.45, 7) is 12.2. The largest absolute Gasteiger partial charge is 0.298 e. The maximum atomic E-state index is 2.73. The molecular formula is C15H29N. The molecule has 0 unspecified atom stereocenters. The monoisotopic (exact) mass is 223 g/mol. The standard InChI is InChI=1S/C15H29N/c1-13-6-9-15(10-7-13)8-5-11-16(12-15)14(2,3)4/h13H,5-12H2,1-4H3. The summed E-state index contributed by atoms with van der Waals surface area (Å²) in [5.74, 6) is 0.982. The van der Waals surface area contributed by atoms with Gasteiger partial charge in [0.05, 0.1) is 0 Å². The summed E-state index contributed by atoms with van der Waals surface area (Å²) in [6, 6.07) is 0. The second-order valence-electron chi connectivity index (χ2n) is 7.38. The van der Waals surface area contributed by atoms with Crippen LogP contribution in [0.5, 0.6) is 0 Å². The third-order valence-electron chi connectivity index (χ3n) is 4.95. The van der Waals surface area contributed by atoms with E-state index >= 15 is 0 Å². The van der Waals surface area contributed by atoms with Crippen LogP contribution in [-0.2, 0) is 0 Å². The van der Waals surface area contributed by atoms with Gasteiger partial charge < -0.3 is 0 Å². The zero-order valence-corrected chi connectivity index (χ0v) is 11.7. The molecule has 0 aromatic carbocycles. The molecule has 0 amide bonds. The molecule has 1 heteroatoms. The molecule has 2 aliphatic rings. The Kier molecular flexibility index (Phi) is 3.36. The lowest BCUT2D eigenvalue weighted by atomic mass is 9.66. The number of hydrogen-bond donors (Lipinski definition) is 0. The van der Waals surface area contributed by atoms with Crippen molar-refractivity contribution in [3.8, 4) is 0 Å². The second kappa shape index (κ2) is 4.33. The predicted octanol–water partition coefficient (Wildman–Crippen LogP) is 4.08. The first kappa shape index (κ1) is 12.4. The van der Waals surface area contributed by atoms with Crippen molar-refractivity contribution in [3.05, 3.63) is 0 Å². The minimum absolute atomic E-state index is 0.372. The van der Waals surface area contributed by atoms with Gasteiger partial charge in [-0.3, -0.25) is 4.90 Å². The van der Waals surface area contributed by atoms with Gasteiger partial charge in [-0.1, -0.05) is 19.8 Å². The second-order valence-corrected chi connectivity index (χ2v) is 7.38. The van der Waals surface area contributed by atoms with E-state index in [0.717, 1.165) is 5.92 Å². The Hall–Kier alpha value is -0.0400. The molecule has 0 radical (unpaired) electrons. The normalized spacial score (nSPS) is 37.9. The Morgan fingerprint density at radius 1 is 1.06 bits per heavy atom. The van der Waals surface area contributed by atoms with Crippen molar-refractivity contribution in [1.82, 2.24) is 4.90 Å². The van der Waals surface area contributed by atoms with Crippen LogP contribution in [-0.4, -0.2) is 23.5 Å². The molecule has 0 atom stereocenters. The number of rotatable bonds is 0. The van der Waals surface area contributed by atoms with Crippen molar-refractivity contribution in [2.45, 2.75) is 71.8 Å². The molecule has 94 valence electrons. The van der Waals surface area contributed by atoms with Gasteiger partial charge in [0, 0.05) is 12.1 Å². The van der Waals surface area contributed by atoms with E-state index in [0.29, 0.717) is 11.0 Å². The summed E-state index contributed by atoms with van der Waals surface area (Å²) >= 11 is 0. The van der Waals surface area contributed by atoms with E-state index in [-0.39, 0.29) is 0 Å². The molecule has 0 N–H and O–H groups in total. The topological polar surface area (TPSA) is 3.24 Å². The van der Waals surface area contributed by atoms with Gasteiger partial charge in [0.15, 0.2) is 0 Å². The van der Waals surface area contributed by atoms with Crippen LogP contribution in [0.2, 0.25) is 0 Å². The first-order valence-electron chi connectivity index (χ1n) is 7.16. The van der Waals surface area contributed by atoms with E-state index in [9.17, 15) is 0 Å². The lowest BCUT2D eigenvalue weighted by molar-refractivity contribution is -0.00300. The third-order valence-corrected chi connectivity index (χ3v) is 4.95. The fourth-order valence-electron chi connectivity index (χ4n) is 3.56. The molecule has 1 saturated carbocycles. The lowest BCUT2D eigenvalue weighted by Gasteiger charge is -2.50. The summed E-state index contributed by atoms with van der Waals surface area (Å²) in [6.07, 6.45) is 8.83. The van der Waals surface area contributed by atoms with Gasteiger partial charge in [-0.2, -0.15) is 0 Å². The van der Waals surface area contributed by atoms with Crippen molar-refractivity contribution in [2.75, 3.05) is 13.1 Å². The van der Waals surface area contributed by atoms with Crippen molar-refractivity contribution in [2.24, 2.45) is 11.3 Å². The van der Waals surface area contributed by atoms with Crippen LogP contribution in [0.1, 0.15) is 66.2 Å². The van der Waals surface area contributed by atoms with Crippen LogP contribution in [0.3, 0.4) is 0 Å². The summed E-state index contributed by atoms with van der Waals surface area (Å²) in [4.78, 5) is 2.73. The Labute approximate surface area is 102 Å². The minimum atomic E-state index is 0.372. The van der Waals surface area contributed by atoms with E-state index < -0.39 is 0 Å². The van der Waals surface area contributed by atoms with Gasteiger partial charge in [-0.05, 0) is 64.3 Å². The molecule has 0 aromatic rings. The van der Waals surface area contributed by atoms with E-state index in [2.05, 4.69) is 32.6 Å². The average molecular weight is 223 g/mol. The van der Waals surface area contributed by atoms with E-state index in [1.165, 1.54) is 51.6 Å². The summed E-state index contributed by atoms with van der Waals surface area (Å²) in [5.41, 5.74) is 1.06. The quantitative estimate of drug-likeness (QED) is 0.598. The predicted molar refractivity (Wildman–Crippen MR) is 70.6 cm³/mol. The highest BCUT2D eigenvalue weighted by molar-refractivity contribution is 4.93. The van der Waals surface area contributed by atoms with Gasteiger partial charge in [0.2, 0.25) is 0 Å². The van der Waals surface area contributed by atoms with Crippen LogP contribution in [0.15, 0.2) is 0 Å². The Morgan fingerprint density at radius 2 is 1.69 bits per heavy atom. The van der Waals surface area contributed by atoms with Gasteiger partial charge in [-0.15, -0.1) is 0 Å². The molecule has 1 aliphatic carbocycles. The van der Waals surface area contributed by atoms with Crippen molar-refractivity contribution in [3.63, 3.8) is 0 Å². The zero-order valence-electron chi connectivity index (χ0n) is 11.7. The molecule has 0 bridgehead atoms. The van der Waals surface area contributed by atoms with Crippen LogP contribution in [0.25, 0.3) is 0 Å². The molecule has 1 aliphatic heterocycles. The van der Waals surface area contributed by atoms with Gasteiger partial charge in [0.1, 0.15) is 0 Å². The zero-order chi connectivity index (χ0) is 11.8. The third kappa shape index (κ3) is 2.61. The Balaban J connectivity index is 2.01. The van der Waals surface area contributed by atoms with Crippen molar-refractivity contribution < 1.29 is 0 Å². The van der Waals surface area contributed by atoms with Gasteiger partial charge >= 0.3 is 0 Å². The number of piperidine rings is 1. The molecule has 2 rings (SSSR count). The minimum Gasteiger partial charge on any atom is -0.298 e. The summed E-state index contributed by atoms with van der Waals surface area (Å²) in [7, 11) is 0. The Bertz CT molecular complexity index is 230. The molecule has 0 aromatic heterocycles. The molecule has 1 heterocycles.